The lowest BCUT2D eigenvalue weighted by molar-refractivity contribution is 0.0949. The number of aromatic nitrogens is 2. The first-order valence-electron chi connectivity index (χ1n) is 7.69. The first-order chi connectivity index (χ1) is 11.6. The van der Waals surface area contributed by atoms with Crippen molar-refractivity contribution in [2.24, 2.45) is 0 Å². The fraction of sp³-hybridized carbons (Fsp3) is 0.235. The third kappa shape index (κ3) is 2.52. The zero-order valence-corrected chi connectivity index (χ0v) is 14.3. The van der Waals surface area contributed by atoms with Crippen LogP contribution in [0.4, 0.5) is 0 Å². The second-order valence-corrected chi connectivity index (χ2v) is 7.16. The minimum absolute atomic E-state index is 0.0621. The van der Waals surface area contributed by atoms with Crippen molar-refractivity contribution < 1.29 is 4.79 Å². The molecule has 1 aromatic carbocycles. The van der Waals surface area contributed by atoms with Crippen molar-refractivity contribution in [3.8, 4) is 0 Å². The Labute approximate surface area is 146 Å². The van der Waals surface area contributed by atoms with Gasteiger partial charge in [-0.3, -0.25) is 14.0 Å². The number of amides is 1. The monoisotopic (exact) mass is 359 g/mol. The Bertz CT molecular complexity index is 1010. The molecule has 0 unspecified atom stereocenters. The van der Waals surface area contributed by atoms with Gasteiger partial charge in [-0.15, -0.1) is 11.3 Å². The molecule has 1 aliphatic rings. The summed E-state index contributed by atoms with van der Waals surface area (Å²) in [4.78, 5) is 31.3. The van der Waals surface area contributed by atoms with Crippen LogP contribution in [0.1, 0.15) is 32.9 Å². The number of benzene rings is 1. The first-order valence-corrected chi connectivity index (χ1v) is 8.88. The molecule has 1 amide bonds. The van der Waals surface area contributed by atoms with E-state index >= 15 is 0 Å². The van der Waals surface area contributed by atoms with Crippen LogP contribution in [-0.4, -0.2) is 15.3 Å². The number of halogens is 1. The number of hydrogen-bond acceptors (Lipinski definition) is 4. The van der Waals surface area contributed by atoms with Crippen LogP contribution in [0.15, 0.2) is 35.3 Å². The van der Waals surface area contributed by atoms with Gasteiger partial charge in [-0.05, 0) is 30.9 Å². The van der Waals surface area contributed by atoms with Crippen LogP contribution in [0.3, 0.4) is 0 Å². The summed E-state index contributed by atoms with van der Waals surface area (Å²) in [5.74, 6) is -0.431. The number of carbonyl (C=O) groups is 1. The molecule has 2 aromatic heterocycles. The van der Waals surface area contributed by atoms with E-state index in [1.165, 1.54) is 22.4 Å². The van der Waals surface area contributed by atoms with E-state index in [1.54, 1.807) is 10.5 Å². The Morgan fingerprint density at radius 3 is 3.00 bits per heavy atom. The van der Waals surface area contributed by atoms with E-state index in [-0.39, 0.29) is 17.7 Å². The summed E-state index contributed by atoms with van der Waals surface area (Å²) < 4.78 is 1.59. The highest BCUT2D eigenvalue weighted by Gasteiger charge is 2.22. The zero-order chi connectivity index (χ0) is 16.7. The lowest BCUT2D eigenvalue weighted by Gasteiger charge is -2.07. The molecule has 1 N–H and O–H groups in total. The molecular formula is C17H14ClN3O2S. The molecular weight excluding hydrogens is 346 g/mol. The molecule has 0 radical (unpaired) electrons. The normalized spacial score (nSPS) is 13.2. The molecule has 122 valence electrons. The summed E-state index contributed by atoms with van der Waals surface area (Å²) >= 11 is 7.62. The standard InChI is InChI=1S/C17H14ClN3O2S/c18-12-5-2-1-4-10(12)8-19-15(22)11-9-20-17-21(16(11)23)13-6-3-7-14(13)24-17/h1-2,4-5,9H,3,6-8H2,(H,19,22). The summed E-state index contributed by atoms with van der Waals surface area (Å²) in [6, 6.07) is 7.28. The molecule has 0 fully saturated rings. The maximum absolute atomic E-state index is 12.7. The summed E-state index contributed by atoms with van der Waals surface area (Å²) in [5.41, 5.74) is 1.58. The number of nitrogens with zero attached hydrogens (tertiary/aromatic N) is 2. The van der Waals surface area contributed by atoms with Gasteiger partial charge >= 0.3 is 0 Å². The Balaban J connectivity index is 1.64. The summed E-state index contributed by atoms with van der Waals surface area (Å²) in [6.07, 6.45) is 4.26. The molecule has 2 heterocycles. The van der Waals surface area contributed by atoms with E-state index in [0.717, 1.165) is 30.5 Å². The van der Waals surface area contributed by atoms with Gasteiger partial charge in [0.15, 0.2) is 4.96 Å². The Morgan fingerprint density at radius 2 is 2.17 bits per heavy atom. The molecule has 0 saturated carbocycles. The molecule has 3 aromatic rings. The minimum Gasteiger partial charge on any atom is -0.348 e. The van der Waals surface area contributed by atoms with E-state index in [4.69, 9.17) is 11.6 Å². The first kappa shape index (κ1) is 15.4. The highest BCUT2D eigenvalue weighted by molar-refractivity contribution is 7.17. The number of thiazole rings is 1. The Morgan fingerprint density at radius 1 is 1.33 bits per heavy atom. The SMILES string of the molecule is O=C(NCc1ccccc1Cl)c1cnc2sc3c(n2c1=O)CCC3. The van der Waals surface area contributed by atoms with Crippen molar-refractivity contribution in [3.05, 3.63) is 67.5 Å². The van der Waals surface area contributed by atoms with E-state index in [1.807, 2.05) is 18.2 Å². The van der Waals surface area contributed by atoms with E-state index in [9.17, 15) is 9.59 Å². The molecule has 0 saturated heterocycles. The fourth-order valence-corrected chi connectivity index (χ4v) is 4.35. The molecule has 24 heavy (non-hydrogen) atoms. The van der Waals surface area contributed by atoms with Crippen molar-refractivity contribution in [1.29, 1.82) is 0 Å². The van der Waals surface area contributed by atoms with E-state index in [0.29, 0.717) is 9.98 Å². The number of hydrogen-bond donors (Lipinski definition) is 1. The quantitative estimate of drug-likeness (QED) is 0.782. The van der Waals surface area contributed by atoms with Gasteiger partial charge in [-0.25, -0.2) is 4.98 Å². The number of aryl methyl sites for hydroxylation is 2. The van der Waals surface area contributed by atoms with Gasteiger partial charge in [0.2, 0.25) is 0 Å². The second-order valence-electron chi connectivity index (χ2n) is 5.69. The van der Waals surface area contributed by atoms with Gasteiger partial charge in [0.1, 0.15) is 5.56 Å². The summed E-state index contributed by atoms with van der Waals surface area (Å²) in [6.45, 7) is 0.266. The van der Waals surface area contributed by atoms with Crippen molar-refractivity contribution in [1.82, 2.24) is 14.7 Å². The maximum atomic E-state index is 12.7. The molecule has 0 bridgehead atoms. The van der Waals surface area contributed by atoms with Crippen LogP contribution in [0.5, 0.6) is 0 Å². The third-order valence-electron chi connectivity index (χ3n) is 4.19. The Kier molecular flexibility index (Phi) is 3.86. The zero-order valence-electron chi connectivity index (χ0n) is 12.7. The number of fused-ring (bicyclic) bond motifs is 3. The number of rotatable bonds is 3. The summed E-state index contributed by atoms with van der Waals surface area (Å²) in [5, 5.41) is 3.33. The molecule has 4 rings (SSSR count). The van der Waals surface area contributed by atoms with Crippen LogP contribution in [-0.2, 0) is 19.4 Å². The molecule has 0 atom stereocenters. The van der Waals surface area contributed by atoms with Gasteiger partial charge in [0.25, 0.3) is 11.5 Å². The Hall–Kier alpha value is -2.18. The van der Waals surface area contributed by atoms with Crippen LogP contribution in [0.2, 0.25) is 5.02 Å². The highest BCUT2D eigenvalue weighted by Crippen LogP contribution is 2.28. The van der Waals surface area contributed by atoms with E-state index < -0.39 is 5.91 Å². The van der Waals surface area contributed by atoms with Crippen LogP contribution in [0, 0.1) is 0 Å². The maximum Gasteiger partial charge on any atom is 0.271 e. The average Bonchev–Trinajstić information content (AvgIpc) is 3.15. The van der Waals surface area contributed by atoms with Gasteiger partial charge < -0.3 is 5.32 Å². The third-order valence-corrected chi connectivity index (χ3v) is 5.72. The molecule has 1 aliphatic carbocycles. The van der Waals surface area contributed by atoms with Crippen molar-refractivity contribution in [2.75, 3.05) is 0 Å². The highest BCUT2D eigenvalue weighted by atomic mass is 35.5. The smallest absolute Gasteiger partial charge is 0.271 e. The van der Waals surface area contributed by atoms with Gasteiger partial charge in [-0.2, -0.15) is 0 Å². The van der Waals surface area contributed by atoms with Crippen LogP contribution in [0.25, 0.3) is 4.96 Å². The minimum atomic E-state index is -0.431. The fourth-order valence-electron chi connectivity index (χ4n) is 2.98. The predicted octanol–water partition coefficient (Wildman–Crippen LogP) is 2.83. The lowest BCUT2D eigenvalue weighted by atomic mass is 10.2. The van der Waals surface area contributed by atoms with Crippen molar-refractivity contribution >= 4 is 33.8 Å². The van der Waals surface area contributed by atoms with Gasteiger partial charge in [0.05, 0.1) is 0 Å². The topological polar surface area (TPSA) is 63.5 Å². The van der Waals surface area contributed by atoms with Crippen molar-refractivity contribution in [3.63, 3.8) is 0 Å². The second kappa shape index (κ2) is 6.03. The summed E-state index contributed by atoms with van der Waals surface area (Å²) in [7, 11) is 0. The lowest BCUT2D eigenvalue weighted by Crippen LogP contribution is -2.31. The van der Waals surface area contributed by atoms with Crippen LogP contribution >= 0.6 is 22.9 Å². The number of nitrogens with one attached hydrogen (secondary N) is 1. The molecule has 0 aliphatic heterocycles. The van der Waals surface area contributed by atoms with E-state index in [2.05, 4.69) is 10.3 Å². The molecule has 5 nitrogen and oxygen atoms in total. The van der Waals surface area contributed by atoms with Crippen LogP contribution < -0.4 is 10.9 Å². The predicted molar refractivity (Wildman–Crippen MR) is 94.0 cm³/mol. The molecule has 0 spiro atoms. The largest absolute Gasteiger partial charge is 0.348 e. The number of carbonyl (C=O) groups excluding carboxylic acids is 1. The molecule has 7 heteroatoms. The average molecular weight is 360 g/mol. The van der Waals surface area contributed by atoms with Gasteiger partial charge in [-0.1, -0.05) is 29.8 Å². The van der Waals surface area contributed by atoms with Gasteiger partial charge in [0, 0.05) is 28.3 Å². The van der Waals surface area contributed by atoms with Crippen molar-refractivity contribution in [2.45, 2.75) is 25.8 Å².